The second-order valence-corrected chi connectivity index (χ2v) is 10.3. The molecule has 3 aromatic heterocycles. The minimum Gasteiger partial charge on any atom is -0.390 e. The maximum absolute atomic E-state index is 13.7. The van der Waals surface area contributed by atoms with Gasteiger partial charge in [0.1, 0.15) is 5.00 Å². The van der Waals surface area contributed by atoms with Gasteiger partial charge in [-0.2, -0.15) is 0 Å². The lowest BCUT2D eigenvalue weighted by atomic mass is 10.1. The van der Waals surface area contributed by atoms with Crippen LogP contribution in [0.25, 0.3) is 16.3 Å². The molecule has 5 rings (SSSR count). The Balaban J connectivity index is 1.36. The van der Waals surface area contributed by atoms with Crippen molar-refractivity contribution in [3.05, 3.63) is 92.2 Å². The van der Waals surface area contributed by atoms with Gasteiger partial charge in [-0.05, 0) is 42.5 Å². The molecule has 4 aromatic rings. The van der Waals surface area contributed by atoms with E-state index in [1.54, 1.807) is 23.0 Å². The van der Waals surface area contributed by atoms with Gasteiger partial charge >= 0.3 is 5.69 Å². The van der Waals surface area contributed by atoms with E-state index in [9.17, 15) is 14.7 Å². The number of aryl methyl sites for hydroxylation is 2. The molecule has 0 spiro atoms. The zero-order chi connectivity index (χ0) is 25.9. The molecule has 0 amide bonds. The highest BCUT2D eigenvalue weighted by Crippen LogP contribution is 2.24. The van der Waals surface area contributed by atoms with E-state index in [-0.39, 0.29) is 6.54 Å². The van der Waals surface area contributed by atoms with Crippen LogP contribution in [0.1, 0.15) is 11.1 Å². The number of rotatable bonds is 7. The SMILES string of the molecule is Cc1ccc(-c2cc(=O)n(CC(O)CN3CCN(c4ncccn4)CC3)c(=O)n2-c2cc(C)cs2)cc1. The number of aliphatic hydroxyl groups excluding tert-OH is 1. The van der Waals surface area contributed by atoms with Crippen molar-refractivity contribution < 1.29 is 5.11 Å². The van der Waals surface area contributed by atoms with E-state index in [0.717, 1.165) is 52.4 Å². The Hall–Kier alpha value is -3.60. The average Bonchev–Trinajstić information content (AvgIpc) is 3.33. The summed E-state index contributed by atoms with van der Waals surface area (Å²) in [5, 5.41) is 13.6. The number of nitrogens with zero attached hydrogens (tertiary/aromatic N) is 6. The quantitative estimate of drug-likeness (QED) is 0.401. The number of benzene rings is 1. The minimum atomic E-state index is -0.867. The summed E-state index contributed by atoms with van der Waals surface area (Å²) in [6.45, 7) is 7.21. The van der Waals surface area contributed by atoms with Crippen LogP contribution in [0.15, 0.2) is 69.8 Å². The smallest absolute Gasteiger partial charge is 0.336 e. The second-order valence-electron chi connectivity index (χ2n) is 9.41. The lowest BCUT2D eigenvalue weighted by Gasteiger charge is -2.35. The van der Waals surface area contributed by atoms with Crippen molar-refractivity contribution in [1.29, 1.82) is 0 Å². The molecule has 1 atom stereocenters. The average molecular weight is 519 g/mol. The lowest BCUT2D eigenvalue weighted by Crippen LogP contribution is -2.50. The number of aromatic nitrogens is 4. The van der Waals surface area contributed by atoms with Gasteiger partial charge in [0, 0.05) is 51.2 Å². The standard InChI is InChI=1S/C27H30N6O3S/c1-19-4-6-21(7-5-19)23-15-24(35)32(27(36)33(23)25-14-20(2)18-37-25)17-22(34)16-30-10-12-31(13-11-30)26-28-8-3-9-29-26/h3-9,14-15,18,22,34H,10-13,16-17H2,1-2H3. The molecule has 0 aliphatic carbocycles. The third kappa shape index (κ3) is 5.56. The molecule has 1 aliphatic heterocycles. The molecule has 1 aliphatic rings. The summed E-state index contributed by atoms with van der Waals surface area (Å²) in [4.78, 5) is 39.7. The Morgan fingerprint density at radius 2 is 1.65 bits per heavy atom. The predicted molar refractivity (Wildman–Crippen MR) is 146 cm³/mol. The largest absolute Gasteiger partial charge is 0.390 e. The molecule has 0 saturated carbocycles. The van der Waals surface area contributed by atoms with Crippen LogP contribution in [0, 0.1) is 13.8 Å². The Morgan fingerprint density at radius 3 is 2.30 bits per heavy atom. The summed E-state index contributed by atoms with van der Waals surface area (Å²) in [5.74, 6) is 0.701. The number of hydrogen-bond donors (Lipinski definition) is 1. The Bertz CT molecular complexity index is 1470. The summed E-state index contributed by atoms with van der Waals surface area (Å²) in [6.07, 6.45) is 2.59. The first-order chi connectivity index (χ1) is 17.9. The Labute approximate surface area is 218 Å². The molecular formula is C27H30N6O3S. The van der Waals surface area contributed by atoms with Gasteiger partial charge in [-0.25, -0.2) is 14.8 Å². The van der Waals surface area contributed by atoms with Crippen LogP contribution in [0.5, 0.6) is 0 Å². The molecular weight excluding hydrogens is 488 g/mol. The van der Waals surface area contributed by atoms with E-state index in [2.05, 4.69) is 19.8 Å². The van der Waals surface area contributed by atoms with E-state index in [0.29, 0.717) is 18.2 Å². The van der Waals surface area contributed by atoms with Crippen LogP contribution in [-0.2, 0) is 6.54 Å². The number of piperazine rings is 1. The molecule has 1 N–H and O–H groups in total. The molecule has 9 nitrogen and oxygen atoms in total. The lowest BCUT2D eigenvalue weighted by molar-refractivity contribution is 0.0927. The summed E-state index contributed by atoms with van der Waals surface area (Å²) >= 11 is 1.45. The van der Waals surface area contributed by atoms with Crippen molar-refractivity contribution in [3.63, 3.8) is 0 Å². The minimum absolute atomic E-state index is 0.0712. The van der Waals surface area contributed by atoms with E-state index in [1.165, 1.54) is 17.4 Å². The Morgan fingerprint density at radius 1 is 0.946 bits per heavy atom. The van der Waals surface area contributed by atoms with E-state index in [4.69, 9.17) is 0 Å². The van der Waals surface area contributed by atoms with Gasteiger partial charge in [0.15, 0.2) is 0 Å². The Kier molecular flexibility index (Phi) is 7.31. The second kappa shape index (κ2) is 10.8. The van der Waals surface area contributed by atoms with Crippen molar-refractivity contribution in [2.24, 2.45) is 0 Å². The first kappa shape index (κ1) is 25.1. The first-order valence-corrected chi connectivity index (χ1v) is 13.2. The van der Waals surface area contributed by atoms with E-state index in [1.807, 2.05) is 49.6 Å². The zero-order valence-electron chi connectivity index (χ0n) is 20.9. The molecule has 4 heterocycles. The fourth-order valence-corrected chi connectivity index (χ4v) is 5.49. The van der Waals surface area contributed by atoms with Gasteiger partial charge in [-0.1, -0.05) is 29.8 Å². The summed E-state index contributed by atoms with van der Waals surface area (Å²) in [7, 11) is 0. The van der Waals surface area contributed by atoms with E-state index < -0.39 is 17.4 Å². The van der Waals surface area contributed by atoms with Crippen molar-refractivity contribution in [3.8, 4) is 16.3 Å². The number of thiophene rings is 1. The maximum atomic E-state index is 13.7. The molecule has 10 heteroatoms. The third-order valence-electron chi connectivity index (χ3n) is 6.54. The van der Waals surface area contributed by atoms with Crippen molar-refractivity contribution in [2.45, 2.75) is 26.5 Å². The third-order valence-corrected chi connectivity index (χ3v) is 7.57. The normalized spacial score (nSPS) is 15.2. The van der Waals surface area contributed by atoms with Gasteiger partial charge in [0.05, 0.1) is 18.3 Å². The summed E-state index contributed by atoms with van der Waals surface area (Å²) in [5.41, 5.74) is 2.60. The maximum Gasteiger partial charge on any atom is 0.336 e. The summed E-state index contributed by atoms with van der Waals surface area (Å²) in [6, 6.07) is 13.0. The highest BCUT2D eigenvalue weighted by molar-refractivity contribution is 7.12. The molecule has 192 valence electrons. The molecule has 1 unspecified atom stereocenters. The monoisotopic (exact) mass is 518 g/mol. The van der Waals surface area contributed by atoms with Crippen molar-refractivity contribution in [1.82, 2.24) is 24.0 Å². The van der Waals surface area contributed by atoms with Crippen molar-refractivity contribution >= 4 is 17.3 Å². The molecule has 1 saturated heterocycles. The van der Waals surface area contributed by atoms with Crippen LogP contribution in [0.3, 0.4) is 0 Å². The number of β-amino-alcohol motifs (C(OH)–C–C–N with tert-alkyl or cyclic N) is 1. The molecule has 0 bridgehead atoms. The van der Waals surface area contributed by atoms with Gasteiger partial charge in [-0.3, -0.25) is 18.8 Å². The van der Waals surface area contributed by atoms with E-state index >= 15 is 0 Å². The number of anilines is 1. The molecule has 37 heavy (non-hydrogen) atoms. The highest BCUT2D eigenvalue weighted by Gasteiger charge is 2.23. The zero-order valence-corrected chi connectivity index (χ0v) is 21.8. The van der Waals surface area contributed by atoms with Crippen molar-refractivity contribution in [2.75, 3.05) is 37.6 Å². The van der Waals surface area contributed by atoms with Crippen LogP contribution in [-0.4, -0.2) is 67.9 Å². The first-order valence-electron chi connectivity index (χ1n) is 12.3. The fraction of sp³-hybridized carbons (Fsp3) is 0.333. The van der Waals surface area contributed by atoms with Crippen LogP contribution in [0.2, 0.25) is 0 Å². The van der Waals surface area contributed by atoms with Gasteiger partial charge in [-0.15, -0.1) is 11.3 Å². The molecule has 0 radical (unpaired) electrons. The number of hydrogen-bond acceptors (Lipinski definition) is 8. The topological polar surface area (TPSA) is 96.5 Å². The predicted octanol–water partition coefficient (Wildman–Crippen LogP) is 2.32. The van der Waals surface area contributed by atoms with Crippen LogP contribution < -0.4 is 16.1 Å². The number of aliphatic hydroxyl groups is 1. The molecule has 1 fully saturated rings. The van der Waals surface area contributed by atoms with Crippen LogP contribution >= 0.6 is 11.3 Å². The van der Waals surface area contributed by atoms with Gasteiger partial charge in [0.25, 0.3) is 5.56 Å². The van der Waals surface area contributed by atoms with Gasteiger partial charge < -0.3 is 10.0 Å². The molecule has 1 aromatic carbocycles. The van der Waals surface area contributed by atoms with Gasteiger partial charge in [0.2, 0.25) is 5.95 Å². The fourth-order valence-electron chi connectivity index (χ4n) is 4.58. The van der Waals surface area contributed by atoms with Crippen LogP contribution in [0.4, 0.5) is 5.95 Å². The summed E-state index contributed by atoms with van der Waals surface area (Å²) < 4.78 is 2.72. The highest BCUT2D eigenvalue weighted by atomic mass is 32.1.